The van der Waals surface area contributed by atoms with Crippen LogP contribution in [0, 0.1) is 48.7 Å². The summed E-state index contributed by atoms with van der Waals surface area (Å²) in [5.74, 6) is -6.74. The highest BCUT2D eigenvalue weighted by Gasteiger charge is 2.60. The van der Waals surface area contributed by atoms with Crippen molar-refractivity contribution in [2.45, 2.75) is 134 Å². The lowest BCUT2D eigenvalue weighted by atomic mass is 9.56. The lowest BCUT2D eigenvalue weighted by molar-refractivity contribution is -0.177. The van der Waals surface area contributed by atoms with E-state index in [1.807, 2.05) is 136 Å². The van der Waals surface area contributed by atoms with Crippen molar-refractivity contribution in [2.24, 2.45) is 48.7 Å². The van der Waals surface area contributed by atoms with E-state index in [1.54, 1.807) is 112 Å². The van der Waals surface area contributed by atoms with Crippen LogP contribution in [0.15, 0.2) is 0 Å². The molecular formula is C74H141N9O18. The fourth-order valence-electron chi connectivity index (χ4n) is 13.3. The second-order valence-corrected chi connectivity index (χ2v) is 33.6. The van der Waals surface area contributed by atoms with Crippen LogP contribution in [-0.2, 0) is 85.8 Å². The Labute approximate surface area is 609 Å². The third kappa shape index (κ3) is 34.6. The van der Waals surface area contributed by atoms with Gasteiger partial charge in [0, 0.05) is 58.9 Å². The van der Waals surface area contributed by atoms with Gasteiger partial charge in [0.15, 0.2) is 0 Å². The van der Waals surface area contributed by atoms with Crippen LogP contribution in [0.4, 0.5) is 0 Å². The fraction of sp³-hybridized carbons (Fsp3) is 0.878. The van der Waals surface area contributed by atoms with Crippen molar-refractivity contribution in [2.75, 3.05) is 245 Å². The van der Waals surface area contributed by atoms with Gasteiger partial charge < -0.3 is 86.7 Å². The minimum Gasteiger partial charge on any atom is -0.464 e. The van der Waals surface area contributed by atoms with Gasteiger partial charge in [-0.1, -0.05) is 6.92 Å². The summed E-state index contributed by atoms with van der Waals surface area (Å²) in [4.78, 5) is 154. The van der Waals surface area contributed by atoms with Crippen LogP contribution < -0.4 is 0 Å². The van der Waals surface area contributed by atoms with E-state index in [1.165, 1.54) is 0 Å². The minimum absolute atomic E-state index is 0.0427. The van der Waals surface area contributed by atoms with E-state index < -0.39 is 128 Å². The second kappa shape index (κ2) is 43.3. The van der Waals surface area contributed by atoms with E-state index in [2.05, 4.69) is 0 Å². The fourth-order valence-corrected chi connectivity index (χ4v) is 13.3. The van der Waals surface area contributed by atoms with E-state index in [0.29, 0.717) is 39.3 Å². The average Bonchev–Trinajstić information content (AvgIpc) is 0.757. The monoisotopic (exact) mass is 1440 g/mol. The van der Waals surface area contributed by atoms with Crippen LogP contribution in [0.1, 0.15) is 134 Å². The molecule has 0 aliphatic carbocycles. The molecule has 0 saturated heterocycles. The molecule has 0 spiro atoms. The Hall–Kier alpha value is -5.13. The number of likely N-dealkylation sites (N-methyl/N-ethyl adjacent to an activating group) is 9. The highest BCUT2D eigenvalue weighted by Crippen LogP contribution is 2.56. The number of rotatable bonds is 53. The molecule has 0 aromatic rings. The predicted octanol–water partition coefficient (Wildman–Crippen LogP) is 5.54. The predicted molar refractivity (Wildman–Crippen MR) is 391 cm³/mol. The van der Waals surface area contributed by atoms with Crippen molar-refractivity contribution in [3.63, 3.8) is 0 Å². The number of nitrogens with zero attached hydrogens (tertiary/aromatic N) is 9. The van der Waals surface area contributed by atoms with Gasteiger partial charge in [0.25, 0.3) is 0 Å². The Morgan fingerprint density at radius 1 is 0.198 bits per heavy atom. The minimum atomic E-state index is -1.97. The van der Waals surface area contributed by atoms with Gasteiger partial charge in [-0.05, 0) is 254 Å². The van der Waals surface area contributed by atoms with E-state index >= 15 is 33.6 Å². The molecule has 27 heteroatoms. The highest BCUT2D eigenvalue weighted by atomic mass is 16.6. The first-order chi connectivity index (χ1) is 46.3. The smallest absolute Gasteiger partial charge is 0.311 e. The number of carbonyl (C=O) groups excluding carboxylic acids is 9. The number of esters is 9. The molecule has 8 atom stereocenters. The van der Waals surface area contributed by atoms with E-state index in [0.717, 1.165) is 0 Å². The van der Waals surface area contributed by atoms with Gasteiger partial charge in [-0.15, -0.1) is 0 Å². The first-order valence-electron chi connectivity index (χ1n) is 35.6. The van der Waals surface area contributed by atoms with Crippen LogP contribution in [0.25, 0.3) is 0 Å². The van der Waals surface area contributed by atoms with Crippen LogP contribution >= 0.6 is 0 Å². The van der Waals surface area contributed by atoms with Crippen LogP contribution in [0.5, 0.6) is 0 Å². The summed E-state index contributed by atoms with van der Waals surface area (Å²) in [5, 5.41) is 0. The molecule has 27 nitrogen and oxygen atoms in total. The van der Waals surface area contributed by atoms with E-state index in [-0.39, 0.29) is 111 Å². The average molecular weight is 1440 g/mol. The molecule has 0 aliphatic rings. The maximum atomic E-state index is 15.9. The van der Waals surface area contributed by atoms with Gasteiger partial charge in [-0.2, -0.15) is 0 Å². The van der Waals surface area contributed by atoms with Crippen molar-refractivity contribution in [3.05, 3.63) is 0 Å². The van der Waals surface area contributed by atoms with Crippen molar-refractivity contribution >= 4 is 53.7 Å². The molecule has 0 saturated carbocycles. The first-order valence-corrected chi connectivity index (χ1v) is 35.6. The molecule has 590 valence electrons. The highest BCUT2D eigenvalue weighted by molar-refractivity contribution is 5.87. The summed E-state index contributed by atoms with van der Waals surface area (Å²) in [6.45, 7) is 20.3. The summed E-state index contributed by atoms with van der Waals surface area (Å²) in [7, 11) is 32.8. The zero-order valence-corrected chi connectivity index (χ0v) is 68.5. The molecule has 0 radical (unpaired) electrons. The van der Waals surface area contributed by atoms with Gasteiger partial charge in [0.05, 0.1) is 48.7 Å². The van der Waals surface area contributed by atoms with Gasteiger partial charge >= 0.3 is 53.7 Å². The maximum absolute atomic E-state index is 15.9. The molecule has 0 aliphatic heterocycles. The van der Waals surface area contributed by atoms with Gasteiger partial charge in [0.1, 0.15) is 59.5 Å². The Morgan fingerprint density at radius 3 is 0.455 bits per heavy atom. The molecule has 0 amide bonds. The Morgan fingerprint density at radius 2 is 0.317 bits per heavy atom. The summed E-state index contributed by atoms with van der Waals surface area (Å²) in [5.41, 5.74) is -15.7. The Balaban J connectivity index is 9.66. The third-order valence-electron chi connectivity index (χ3n) is 18.5. The van der Waals surface area contributed by atoms with Crippen molar-refractivity contribution in [3.8, 4) is 0 Å². The van der Waals surface area contributed by atoms with Gasteiger partial charge in [0.2, 0.25) is 0 Å². The van der Waals surface area contributed by atoms with Crippen molar-refractivity contribution < 1.29 is 85.8 Å². The number of hydrogen-bond donors (Lipinski definition) is 0. The number of carbonyl (C=O) groups is 9. The van der Waals surface area contributed by atoms with E-state index in [9.17, 15) is 9.59 Å². The Bertz CT molecular complexity index is 2590. The normalized spacial score (nSPS) is 17.0. The first kappa shape index (κ1) is 95.9. The van der Waals surface area contributed by atoms with Crippen LogP contribution in [-0.4, -0.2) is 343 Å². The molecule has 8 unspecified atom stereocenters. The molecule has 101 heavy (non-hydrogen) atoms. The third-order valence-corrected chi connectivity index (χ3v) is 18.5. The van der Waals surface area contributed by atoms with Crippen LogP contribution in [0.2, 0.25) is 0 Å². The van der Waals surface area contributed by atoms with E-state index in [4.69, 9.17) is 42.6 Å². The molecular weight excluding hydrogens is 1300 g/mol. The number of ether oxygens (including phenoxy) is 9. The zero-order chi connectivity index (χ0) is 78.3. The molecule has 0 rings (SSSR count). The van der Waals surface area contributed by atoms with Gasteiger partial charge in [-0.3, -0.25) is 43.2 Å². The number of hydrogen-bond acceptors (Lipinski definition) is 27. The maximum Gasteiger partial charge on any atom is 0.311 e. The summed E-state index contributed by atoms with van der Waals surface area (Å²) in [6.07, 6.45) is -2.80. The van der Waals surface area contributed by atoms with Crippen molar-refractivity contribution in [1.82, 2.24) is 44.1 Å². The summed E-state index contributed by atoms with van der Waals surface area (Å²) < 4.78 is 55.0. The van der Waals surface area contributed by atoms with Gasteiger partial charge in [-0.25, -0.2) is 0 Å². The summed E-state index contributed by atoms with van der Waals surface area (Å²) >= 11 is 0. The lowest BCUT2D eigenvalue weighted by Crippen LogP contribution is -2.51. The van der Waals surface area contributed by atoms with Crippen molar-refractivity contribution in [1.29, 1.82) is 0 Å². The SMILES string of the molecule is CCC(C)(CC(C)(CC(C)(CC(C)(CC(C)(CC(C)(CC(C)(CC(C)(CC(C)(C)C(=O)OCCN(C)C)C(=O)OCCN(C)C)C(=O)OCCN(C)C)C(=O)OCCN(C)C)C(=O)OCCN(C)C)C(=O)OCCN(C)C)C(=O)OCCN(C)C)C(=O)OCCN(C)C)C(=O)OCCN(C)C. The summed E-state index contributed by atoms with van der Waals surface area (Å²) in [6, 6.07) is 0. The second-order valence-electron chi connectivity index (χ2n) is 33.6. The molecule has 0 aromatic carbocycles. The quantitative estimate of drug-likeness (QED) is 0.0535. The molecule has 0 N–H and O–H groups in total. The molecule has 0 bridgehead atoms. The molecule has 0 aromatic heterocycles. The largest absolute Gasteiger partial charge is 0.464 e. The standard InChI is InChI=1S/C74H141N9O18/c1-30-67(4,58(85)94-41-32-76(14)15)50-69(6,60(87)96-43-34-78(18)19)52-71(8,62(89)98-45-36-80(22)23)54-73(10,64(91)100-47-38-82(26)27)56-74(11,65(92)101-48-39-83(28)29)55-72(9,63(90)99-46-37-81(24)25)53-70(7,61(88)97-44-35-79(20)21)51-68(5,59(86)95-42-33-77(16)17)49-66(2,3)57(84)93-40-31-75(12)13/h30-56H2,1-29H3. The molecule has 0 fully saturated rings. The Kier molecular flexibility index (Phi) is 41.1. The lowest BCUT2D eigenvalue weighted by Gasteiger charge is -2.47. The zero-order valence-electron chi connectivity index (χ0n) is 68.5. The topological polar surface area (TPSA) is 266 Å². The molecule has 0 heterocycles. The van der Waals surface area contributed by atoms with Crippen LogP contribution in [0.3, 0.4) is 0 Å².